The van der Waals surface area contributed by atoms with Crippen LogP contribution in [0.3, 0.4) is 0 Å². The summed E-state index contributed by atoms with van der Waals surface area (Å²) < 4.78 is 16.0. The third kappa shape index (κ3) is 5.05. The van der Waals surface area contributed by atoms with Crippen molar-refractivity contribution in [2.24, 2.45) is 0 Å². The Kier molecular flexibility index (Phi) is 8.13. The number of thioether (sulfide) groups is 1. The van der Waals surface area contributed by atoms with E-state index in [1.807, 2.05) is 13.0 Å². The molecule has 1 fully saturated rings. The van der Waals surface area contributed by atoms with Gasteiger partial charge in [0.2, 0.25) is 0 Å². The van der Waals surface area contributed by atoms with Gasteiger partial charge in [-0.25, -0.2) is 4.79 Å². The zero-order valence-corrected chi connectivity index (χ0v) is 17.9. The number of allylic oxidation sites excluding steroid dienone is 1. The largest absolute Gasteiger partial charge is 0.490 e. The number of imide groups is 1. The van der Waals surface area contributed by atoms with Crippen molar-refractivity contribution in [2.75, 3.05) is 20.3 Å². The molecular formula is C22H23NO6S. The molecule has 30 heavy (non-hydrogen) atoms. The van der Waals surface area contributed by atoms with E-state index >= 15 is 0 Å². The molecule has 8 heteroatoms. The van der Waals surface area contributed by atoms with Gasteiger partial charge in [0.25, 0.3) is 11.1 Å². The van der Waals surface area contributed by atoms with Crippen LogP contribution in [0.1, 0.15) is 25.0 Å². The monoisotopic (exact) mass is 429 g/mol. The fourth-order valence-electron chi connectivity index (χ4n) is 2.86. The smallest absolute Gasteiger partial charge is 0.328 e. The van der Waals surface area contributed by atoms with E-state index in [2.05, 4.69) is 17.2 Å². The number of benzene rings is 1. The Labute approximate surface area is 180 Å². The van der Waals surface area contributed by atoms with E-state index in [1.54, 1.807) is 18.2 Å². The van der Waals surface area contributed by atoms with Gasteiger partial charge in [0, 0.05) is 5.56 Å². The number of esters is 1. The van der Waals surface area contributed by atoms with Crippen LogP contribution in [0.5, 0.6) is 11.5 Å². The Morgan fingerprint density at radius 2 is 2.10 bits per heavy atom. The number of rotatable bonds is 9. The summed E-state index contributed by atoms with van der Waals surface area (Å²) >= 11 is 0.761. The van der Waals surface area contributed by atoms with Crippen molar-refractivity contribution >= 4 is 35.0 Å². The minimum atomic E-state index is -1.01. The fourth-order valence-corrected chi connectivity index (χ4v) is 3.76. The molecule has 1 aliphatic heterocycles. The fraction of sp³-hybridized carbons (Fsp3) is 0.318. The summed E-state index contributed by atoms with van der Waals surface area (Å²) in [5.41, 5.74) is 1.42. The second-order valence-corrected chi connectivity index (χ2v) is 7.17. The summed E-state index contributed by atoms with van der Waals surface area (Å²) in [6.07, 6.45) is 9.08. The highest BCUT2D eigenvalue weighted by Gasteiger charge is 2.41. The number of amides is 2. The minimum absolute atomic E-state index is 0.0773. The first-order valence-corrected chi connectivity index (χ1v) is 10.0. The van der Waals surface area contributed by atoms with Crippen LogP contribution in [-0.2, 0) is 20.7 Å². The molecule has 1 aliphatic rings. The molecule has 1 aromatic carbocycles. The zero-order valence-electron chi connectivity index (χ0n) is 17.1. The lowest BCUT2D eigenvalue weighted by Crippen LogP contribution is -2.42. The van der Waals surface area contributed by atoms with Gasteiger partial charge in [-0.15, -0.1) is 13.0 Å². The van der Waals surface area contributed by atoms with E-state index in [9.17, 15) is 14.4 Å². The molecule has 0 bridgehead atoms. The number of methoxy groups -OCH3 is 1. The van der Waals surface area contributed by atoms with Gasteiger partial charge in [0.1, 0.15) is 12.6 Å². The first kappa shape index (κ1) is 23.1. The maximum Gasteiger partial charge on any atom is 0.328 e. The quantitative estimate of drug-likeness (QED) is 0.257. The standard InChI is InChI=1S/C22H23NO6S/c1-6-9-16-11-15(12-17(28-8-3)19(16)29-10-7-2)13-18-20(24)23(22(26)30-18)14(4)21(25)27-5/h2,6,11-14H,1,8-10H2,3-5H3/b18-13+/t14-/m1/s1. The van der Waals surface area contributed by atoms with Gasteiger partial charge in [-0.1, -0.05) is 12.0 Å². The Hall–Kier alpha value is -3.18. The van der Waals surface area contributed by atoms with Crippen LogP contribution in [0.2, 0.25) is 0 Å². The van der Waals surface area contributed by atoms with Crippen molar-refractivity contribution in [1.29, 1.82) is 0 Å². The second kappa shape index (κ2) is 10.6. The summed E-state index contributed by atoms with van der Waals surface area (Å²) in [5, 5.41) is -0.533. The van der Waals surface area contributed by atoms with Gasteiger partial charge >= 0.3 is 5.97 Å². The van der Waals surface area contributed by atoms with Crippen LogP contribution in [0.25, 0.3) is 6.08 Å². The van der Waals surface area contributed by atoms with Crippen molar-refractivity contribution in [2.45, 2.75) is 26.3 Å². The lowest BCUT2D eigenvalue weighted by molar-refractivity contribution is -0.148. The highest BCUT2D eigenvalue weighted by Crippen LogP contribution is 2.38. The third-order valence-corrected chi connectivity index (χ3v) is 5.05. The number of carbonyl (C=O) groups is 3. The average molecular weight is 429 g/mol. The van der Waals surface area contributed by atoms with Gasteiger partial charge in [0.15, 0.2) is 11.5 Å². The summed E-state index contributed by atoms with van der Waals surface area (Å²) in [5.74, 6) is 2.19. The molecule has 1 heterocycles. The second-order valence-electron chi connectivity index (χ2n) is 6.18. The normalized spacial score (nSPS) is 15.7. The number of terminal acetylenes is 1. The Morgan fingerprint density at radius 1 is 1.37 bits per heavy atom. The highest BCUT2D eigenvalue weighted by molar-refractivity contribution is 8.18. The molecular weight excluding hydrogens is 406 g/mol. The third-order valence-electron chi connectivity index (χ3n) is 4.17. The van der Waals surface area contributed by atoms with Crippen LogP contribution in [-0.4, -0.2) is 48.4 Å². The van der Waals surface area contributed by atoms with Crippen LogP contribution in [0.15, 0.2) is 29.7 Å². The Bertz CT molecular complexity index is 930. The van der Waals surface area contributed by atoms with Gasteiger partial charge in [-0.3, -0.25) is 14.5 Å². The van der Waals surface area contributed by atoms with E-state index in [-0.39, 0.29) is 11.5 Å². The maximum atomic E-state index is 12.7. The number of carbonyl (C=O) groups excluding carboxylic acids is 3. The van der Waals surface area contributed by atoms with Gasteiger partial charge in [0.05, 0.1) is 18.6 Å². The summed E-state index contributed by atoms with van der Waals surface area (Å²) in [6, 6.07) is 2.51. The molecule has 0 unspecified atom stereocenters. The molecule has 0 aromatic heterocycles. The SMILES string of the molecule is C#CCOc1c(CC=C)cc(/C=C2/SC(=O)N([C@H](C)C(=O)OC)C2=O)cc1OCC. The molecule has 0 spiro atoms. The van der Waals surface area contributed by atoms with Crippen LogP contribution in [0, 0.1) is 12.3 Å². The van der Waals surface area contributed by atoms with E-state index in [0.29, 0.717) is 30.1 Å². The molecule has 1 atom stereocenters. The molecule has 1 aromatic rings. The summed E-state index contributed by atoms with van der Waals surface area (Å²) in [7, 11) is 1.20. The molecule has 0 N–H and O–H groups in total. The van der Waals surface area contributed by atoms with Crippen molar-refractivity contribution < 1.29 is 28.6 Å². The van der Waals surface area contributed by atoms with Crippen LogP contribution >= 0.6 is 11.8 Å². The molecule has 0 radical (unpaired) electrons. The first-order valence-electron chi connectivity index (χ1n) is 9.19. The Morgan fingerprint density at radius 3 is 2.70 bits per heavy atom. The average Bonchev–Trinajstić information content (AvgIpc) is 2.99. The lowest BCUT2D eigenvalue weighted by atomic mass is 10.0. The van der Waals surface area contributed by atoms with Crippen molar-refractivity contribution in [1.82, 2.24) is 4.90 Å². The van der Waals surface area contributed by atoms with Gasteiger partial charge in [-0.2, -0.15) is 0 Å². The molecule has 0 aliphatic carbocycles. The van der Waals surface area contributed by atoms with Crippen molar-refractivity contribution in [3.63, 3.8) is 0 Å². The predicted molar refractivity (Wildman–Crippen MR) is 115 cm³/mol. The van der Waals surface area contributed by atoms with E-state index in [4.69, 9.17) is 15.9 Å². The zero-order chi connectivity index (χ0) is 22.3. The number of nitrogens with zero attached hydrogens (tertiary/aromatic N) is 1. The molecule has 2 rings (SSSR count). The van der Waals surface area contributed by atoms with Crippen molar-refractivity contribution in [3.8, 4) is 23.8 Å². The summed E-state index contributed by atoms with van der Waals surface area (Å²) in [6.45, 7) is 7.51. The van der Waals surface area contributed by atoms with Gasteiger partial charge < -0.3 is 14.2 Å². The molecule has 2 amide bonds. The molecule has 158 valence electrons. The minimum Gasteiger partial charge on any atom is -0.490 e. The summed E-state index contributed by atoms with van der Waals surface area (Å²) in [4.78, 5) is 37.9. The van der Waals surface area contributed by atoms with Crippen molar-refractivity contribution in [3.05, 3.63) is 40.8 Å². The predicted octanol–water partition coefficient (Wildman–Crippen LogP) is 3.42. The molecule has 1 saturated heterocycles. The van der Waals surface area contributed by atoms with E-state index in [1.165, 1.54) is 14.0 Å². The molecule has 0 saturated carbocycles. The number of hydrogen-bond acceptors (Lipinski definition) is 7. The number of ether oxygens (including phenoxy) is 3. The Balaban J connectivity index is 2.46. The maximum absolute atomic E-state index is 12.7. The van der Waals surface area contributed by atoms with E-state index in [0.717, 1.165) is 22.2 Å². The molecule has 7 nitrogen and oxygen atoms in total. The van der Waals surface area contributed by atoms with Gasteiger partial charge in [-0.05, 0) is 55.8 Å². The highest BCUT2D eigenvalue weighted by atomic mass is 32.2. The lowest BCUT2D eigenvalue weighted by Gasteiger charge is -2.18. The van der Waals surface area contributed by atoms with Crippen LogP contribution in [0.4, 0.5) is 4.79 Å². The number of hydrogen-bond donors (Lipinski definition) is 0. The first-order chi connectivity index (χ1) is 14.4. The van der Waals surface area contributed by atoms with Crippen LogP contribution < -0.4 is 9.47 Å². The van der Waals surface area contributed by atoms with E-state index < -0.39 is 23.2 Å². The topological polar surface area (TPSA) is 82.1 Å².